The standard InChI is InChI=1S/C11H21N3O2/c1-2-13-9(15)4-7-14-10(16)8-11(12)5-3-6-11/h2-8,12H2,1H3,(H,13,15)(H,14,16). The van der Waals surface area contributed by atoms with E-state index in [1.54, 1.807) is 0 Å². The minimum Gasteiger partial charge on any atom is -0.356 e. The number of nitrogens with two attached hydrogens (primary N) is 1. The van der Waals surface area contributed by atoms with Crippen LogP contribution in [0, 0.1) is 0 Å². The van der Waals surface area contributed by atoms with Crippen molar-refractivity contribution < 1.29 is 9.59 Å². The van der Waals surface area contributed by atoms with Crippen molar-refractivity contribution in [2.45, 2.75) is 44.6 Å². The first-order valence-corrected chi connectivity index (χ1v) is 5.88. The summed E-state index contributed by atoms with van der Waals surface area (Å²) in [6.45, 7) is 2.88. The van der Waals surface area contributed by atoms with Gasteiger partial charge in [0.25, 0.3) is 0 Å². The zero-order valence-electron chi connectivity index (χ0n) is 9.84. The summed E-state index contributed by atoms with van der Waals surface area (Å²) >= 11 is 0. The van der Waals surface area contributed by atoms with Gasteiger partial charge in [-0.25, -0.2) is 0 Å². The fraction of sp³-hybridized carbons (Fsp3) is 0.818. The smallest absolute Gasteiger partial charge is 0.221 e. The molecule has 1 rings (SSSR count). The molecule has 0 heterocycles. The Morgan fingerprint density at radius 2 is 1.94 bits per heavy atom. The lowest BCUT2D eigenvalue weighted by Crippen LogP contribution is -2.50. The molecule has 0 unspecified atom stereocenters. The second-order valence-electron chi connectivity index (χ2n) is 4.45. The maximum atomic E-state index is 11.5. The summed E-state index contributed by atoms with van der Waals surface area (Å²) in [6.07, 6.45) is 3.68. The van der Waals surface area contributed by atoms with E-state index in [9.17, 15) is 9.59 Å². The van der Waals surface area contributed by atoms with Gasteiger partial charge in [0.05, 0.1) is 0 Å². The van der Waals surface area contributed by atoms with Crippen molar-refractivity contribution in [3.8, 4) is 0 Å². The van der Waals surface area contributed by atoms with Crippen LogP contribution in [-0.4, -0.2) is 30.4 Å². The molecule has 0 radical (unpaired) electrons. The number of hydrogen-bond acceptors (Lipinski definition) is 3. The predicted octanol–water partition coefficient (Wildman–Crippen LogP) is -0.0997. The molecule has 5 heteroatoms. The average molecular weight is 227 g/mol. The molecule has 4 N–H and O–H groups in total. The summed E-state index contributed by atoms with van der Waals surface area (Å²) in [6, 6.07) is 0. The third-order valence-corrected chi connectivity index (χ3v) is 2.91. The molecule has 92 valence electrons. The molecule has 1 aliphatic carbocycles. The second kappa shape index (κ2) is 5.84. The van der Waals surface area contributed by atoms with Crippen molar-refractivity contribution in [1.29, 1.82) is 0 Å². The number of nitrogens with one attached hydrogen (secondary N) is 2. The van der Waals surface area contributed by atoms with E-state index in [2.05, 4.69) is 10.6 Å². The Morgan fingerprint density at radius 1 is 1.25 bits per heavy atom. The van der Waals surface area contributed by atoms with Gasteiger partial charge in [0.15, 0.2) is 0 Å². The van der Waals surface area contributed by atoms with Crippen molar-refractivity contribution in [2.24, 2.45) is 5.73 Å². The molecular formula is C11H21N3O2. The van der Waals surface area contributed by atoms with Crippen LogP contribution in [-0.2, 0) is 9.59 Å². The maximum absolute atomic E-state index is 11.5. The summed E-state index contributed by atoms with van der Waals surface area (Å²) in [5.74, 6) is -0.0830. The third kappa shape index (κ3) is 4.18. The summed E-state index contributed by atoms with van der Waals surface area (Å²) in [4.78, 5) is 22.6. The Labute approximate surface area is 96.1 Å². The van der Waals surface area contributed by atoms with Crippen LogP contribution >= 0.6 is 0 Å². The van der Waals surface area contributed by atoms with E-state index < -0.39 is 0 Å². The van der Waals surface area contributed by atoms with E-state index in [1.807, 2.05) is 6.92 Å². The minimum atomic E-state index is -0.282. The lowest BCUT2D eigenvalue weighted by molar-refractivity contribution is -0.123. The van der Waals surface area contributed by atoms with Gasteiger partial charge < -0.3 is 16.4 Å². The summed E-state index contributed by atoms with van der Waals surface area (Å²) in [7, 11) is 0. The van der Waals surface area contributed by atoms with Gasteiger partial charge in [0.2, 0.25) is 11.8 Å². The Morgan fingerprint density at radius 3 is 2.44 bits per heavy atom. The summed E-state index contributed by atoms with van der Waals surface area (Å²) in [5.41, 5.74) is 5.66. The van der Waals surface area contributed by atoms with Crippen LogP contribution in [0.1, 0.15) is 39.0 Å². The quantitative estimate of drug-likeness (QED) is 0.592. The zero-order valence-corrected chi connectivity index (χ0v) is 9.84. The van der Waals surface area contributed by atoms with Crippen LogP contribution in [0.4, 0.5) is 0 Å². The van der Waals surface area contributed by atoms with E-state index in [0.717, 1.165) is 19.3 Å². The minimum absolute atomic E-state index is 0.0334. The molecule has 5 nitrogen and oxygen atoms in total. The highest BCUT2D eigenvalue weighted by molar-refractivity contribution is 5.79. The average Bonchev–Trinajstić information content (AvgIpc) is 2.15. The van der Waals surface area contributed by atoms with Gasteiger partial charge in [0.1, 0.15) is 0 Å². The van der Waals surface area contributed by atoms with Gasteiger partial charge in [0, 0.05) is 31.5 Å². The predicted molar refractivity (Wildman–Crippen MR) is 61.7 cm³/mol. The van der Waals surface area contributed by atoms with Gasteiger partial charge in [-0.1, -0.05) is 0 Å². The van der Waals surface area contributed by atoms with Gasteiger partial charge in [-0.15, -0.1) is 0 Å². The van der Waals surface area contributed by atoms with E-state index >= 15 is 0 Å². The largest absolute Gasteiger partial charge is 0.356 e. The van der Waals surface area contributed by atoms with Crippen LogP contribution in [0.25, 0.3) is 0 Å². The highest BCUT2D eigenvalue weighted by atomic mass is 16.2. The first-order valence-electron chi connectivity index (χ1n) is 5.88. The van der Waals surface area contributed by atoms with Crippen molar-refractivity contribution in [3.63, 3.8) is 0 Å². The number of hydrogen-bond donors (Lipinski definition) is 3. The van der Waals surface area contributed by atoms with Gasteiger partial charge in [-0.05, 0) is 26.2 Å². The molecule has 0 atom stereocenters. The lowest BCUT2D eigenvalue weighted by atomic mass is 9.75. The Kier molecular flexibility index (Phi) is 4.73. The van der Waals surface area contributed by atoms with Crippen LogP contribution in [0.5, 0.6) is 0 Å². The molecule has 0 aromatic heterocycles. The fourth-order valence-corrected chi connectivity index (χ4v) is 1.79. The topological polar surface area (TPSA) is 84.2 Å². The Bertz CT molecular complexity index is 262. The number of amides is 2. The van der Waals surface area contributed by atoms with Crippen molar-refractivity contribution in [1.82, 2.24) is 10.6 Å². The van der Waals surface area contributed by atoms with E-state index in [-0.39, 0.29) is 17.4 Å². The van der Waals surface area contributed by atoms with E-state index in [0.29, 0.717) is 25.9 Å². The normalized spacial score (nSPS) is 17.4. The lowest BCUT2D eigenvalue weighted by Gasteiger charge is -2.37. The summed E-state index contributed by atoms with van der Waals surface area (Å²) < 4.78 is 0. The Balaban J connectivity index is 2.08. The third-order valence-electron chi connectivity index (χ3n) is 2.91. The van der Waals surface area contributed by atoms with Crippen LogP contribution in [0.15, 0.2) is 0 Å². The molecular weight excluding hydrogens is 206 g/mol. The highest BCUT2D eigenvalue weighted by Gasteiger charge is 2.34. The highest BCUT2D eigenvalue weighted by Crippen LogP contribution is 2.31. The Hall–Kier alpha value is -1.10. The number of carbonyl (C=O) groups is 2. The monoisotopic (exact) mass is 227 g/mol. The first-order chi connectivity index (χ1) is 7.56. The molecule has 0 spiro atoms. The molecule has 0 aliphatic heterocycles. The molecule has 0 bridgehead atoms. The first kappa shape index (κ1) is 13.0. The maximum Gasteiger partial charge on any atom is 0.221 e. The molecule has 0 saturated heterocycles. The number of carbonyl (C=O) groups excluding carboxylic acids is 2. The van der Waals surface area contributed by atoms with Gasteiger partial charge >= 0.3 is 0 Å². The van der Waals surface area contributed by atoms with Crippen molar-refractivity contribution >= 4 is 11.8 Å². The van der Waals surface area contributed by atoms with E-state index in [4.69, 9.17) is 5.73 Å². The van der Waals surface area contributed by atoms with E-state index in [1.165, 1.54) is 0 Å². The number of rotatable bonds is 6. The van der Waals surface area contributed by atoms with Crippen LogP contribution < -0.4 is 16.4 Å². The molecule has 0 aromatic carbocycles. The molecule has 2 amide bonds. The fourth-order valence-electron chi connectivity index (χ4n) is 1.79. The van der Waals surface area contributed by atoms with Gasteiger partial charge in [-0.2, -0.15) is 0 Å². The van der Waals surface area contributed by atoms with Crippen molar-refractivity contribution in [3.05, 3.63) is 0 Å². The molecule has 0 aromatic rings. The SMILES string of the molecule is CCNC(=O)CCNC(=O)CC1(N)CCC1. The van der Waals surface area contributed by atoms with Crippen LogP contribution in [0.2, 0.25) is 0 Å². The van der Waals surface area contributed by atoms with Gasteiger partial charge in [-0.3, -0.25) is 9.59 Å². The molecule has 1 aliphatic rings. The molecule has 1 saturated carbocycles. The molecule has 1 fully saturated rings. The molecule has 16 heavy (non-hydrogen) atoms. The second-order valence-corrected chi connectivity index (χ2v) is 4.45. The van der Waals surface area contributed by atoms with Crippen molar-refractivity contribution in [2.75, 3.05) is 13.1 Å². The van der Waals surface area contributed by atoms with Crippen LogP contribution in [0.3, 0.4) is 0 Å². The zero-order chi connectivity index (χ0) is 12.0. The summed E-state index contributed by atoms with van der Waals surface area (Å²) in [5, 5.41) is 5.39.